The minimum absolute atomic E-state index is 0.0344. The van der Waals surface area contributed by atoms with E-state index in [1.165, 1.54) is 11.8 Å². The number of likely N-dealkylation sites (tertiary alicyclic amines) is 1. The fourth-order valence-electron chi connectivity index (χ4n) is 6.81. The summed E-state index contributed by atoms with van der Waals surface area (Å²) in [7, 11) is 0. The van der Waals surface area contributed by atoms with Crippen molar-refractivity contribution in [3.05, 3.63) is 0 Å². The van der Waals surface area contributed by atoms with Crippen LogP contribution in [0.1, 0.15) is 114 Å². The van der Waals surface area contributed by atoms with Gasteiger partial charge in [0.15, 0.2) is 0 Å². The summed E-state index contributed by atoms with van der Waals surface area (Å²) in [4.78, 5) is 119. The van der Waals surface area contributed by atoms with E-state index in [9.17, 15) is 53.4 Å². The topological polar surface area (TPSA) is 334 Å². The van der Waals surface area contributed by atoms with Gasteiger partial charge in [-0.05, 0) is 75.7 Å². The zero-order valence-corrected chi connectivity index (χ0v) is 38.6. The minimum Gasteiger partial charge on any atom is -0.480 e. The van der Waals surface area contributed by atoms with Gasteiger partial charge in [0.1, 0.15) is 42.3 Å². The SMILES string of the molecule is CC[C@H](C)[C@H](NC(=O)[C@@H](NC(=O)[C@H](C)NC(=O)[C@@H]1CCCN1C(=O)[C@H](CCCCN)NC(=O)CNC(=O)[C@H](CO)NC(=O)[C@H](CC(C)C)NC(=O)[C@@H](N)C(C)C)[C@@H](C)CC)C(=O)O. The van der Waals surface area contributed by atoms with Crippen LogP contribution in [0.3, 0.4) is 0 Å². The highest BCUT2D eigenvalue weighted by molar-refractivity contribution is 5.97. The molecular weight excluding hydrogens is 821 g/mol. The fraction of sp³-hybridized carbons (Fsp3) is 0.786. The van der Waals surface area contributed by atoms with Gasteiger partial charge in [0.25, 0.3) is 0 Å². The quantitative estimate of drug-likeness (QED) is 0.0393. The Labute approximate surface area is 371 Å². The summed E-state index contributed by atoms with van der Waals surface area (Å²) in [6.45, 7) is 14.7. The number of nitrogens with one attached hydrogen (secondary N) is 7. The van der Waals surface area contributed by atoms with E-state index in [1.807, 2.05) is 20.8 Å². The normalized spacial score (nSPS) is 18.1. The molecule has 21 heteroatoms. The predicted octanol–water partition coefficient (Wildman–Crippen LogP) is -1.65. The molecule has 0 aliphatic carbocycles. The van der Waals surface area contributed by atoms with Gasteiger partial charge in [-0.1, -0.05) is 68.2 Å². The van der Waals surface area contributed by atoms with E-state index in [1.54, 1.807) is 34.6 Å². The number of aliphatic hydroxyl groups excluding tert-OH is 1. The van der Waals surface area contributed by atoms with E-state index in [0.717, 1.165) is 0 Å². The standard InChI is InChI=1S/C42H76N10O11/c1-10-24(7)33(40(60)51-34(42(62)63)25(8)11-2)50-35(55)26(9)46-38(58)30-16-14-18-52(30)41(61)27(15-12-13-17-43)47-31(54)20-45-36(56)29(21-53)49-37(57)28(19-22(3)4)48-39(59)32(44)23(5)6/h22-30,32-34,53H,10-21,43-44H2,1-9H3,(H,45,56)(H,46,58)(H,47,54)(H,48,59)(H,49,57)(H,50,55)(H,51,60)(H,62,63)/t24-,25-,26-,27-,28-,29-,30-,32-,33-,34-/m0/s1. The average molecular weight is 897 g/mol. The summed E-state index contributed by atoms with van der Waals surface area (Å²) in [5.41, 5.74) is 11.6. The molecule has 360 valence electrons. The van der Waals surface area contributed by atoms with Crippen LogP contribution in [-0.2, 0) is 43.2 Å². The first-order valence-electron chi connectivity index (χ1n) is 22.2. The Bertz CT molecular complexity index is 1560. The first kappa shape index (κ1) is 56.1. The molecule has 8 amide bonds. The largest absolute Gasteiger partial charge is 0.480 e. The molecule has 0 radical (unpaired) electrons. The number of aliphatic hydroxyl groups is 1. The average Bonchev–Trinajstić information content (AvgIpc) is 3.73. The number of amides is 8. The lowest BCUT2D eigenvalue weighted by molar-refractivity contribution is -0.144. The van der Waals surface area contributed by atoms with Crippen LogP contribution in [0.2, 0.25) is 0 Å². The van der Waals surface area contributed by atoms with Crippen molar-refractivity contribution >= 4 is 53.2 Å². The van der Waals surface area contributed by atoms with Crippen molar-refractivity contribution in [2.75, 3.05) is 26.2 Å². The number of aliphatic carboxylic acids is 1. The van der Waals surface area contributed by atoms with Gasteiger partial charge in [0.2, 0.25) is 47.3 Å². The summed E-state index contributed by atoms with van der Waals surface area (Å²) in [5.74, 6) is -7.71. The fourth-order valence-corrected chi connectivity index (χ4v) is 6.81. The summed E-state index contributed by atoms with van der Waals surface area (Å²) in [6.07, 6.45) is 3.00. The molecule has 0 spiro atoms. The first-order valence-corrected chi connectivity index (χ1v) is 22.2. The highest BCUT2D eigenvalue weighted by Crippen LogP contribution is 2.21. The predicted molar refractivity (Wildman–Crippen MR) is 234 cm³/mol. The van der Waals surface area contributed by atoms with E-state index >= 15 is 0 Å². The number of hydrogen-bond acceptors (Lipinski definition) is 12. The molecule has 21 nitrogen and oxygen atoms in total. The maximum Gasteiger partial charge on any atom is 0.326 e. The van der Waals surface area contributed by atoms with E-state index in [2.05, 4.69) is 37.2 Å². The van der Waals surface area contributed by atoms with Gasteiger partial charge in [-0.3, -0.25) is 38.4 Å². The van der Waals surface area contributed by atoms with Crippen LogP contribution in [-0.4, -0.2) is 143 Å². The van der Waals surface area contributed by atoms with Gasteiger partial charge in [0, 0.05) is 6.54 Å². The molecule has 0 unspecified atom stereocenters. The number of nitrogens with zero attached hydrogens (tertiary/aromatic N) is 1. The maximum atomic E-state index is 14.0. The van der Waals surface area contributed by atoms with Crippen LogP contribution in [0.15, 0.2) is 0 Å². The molecule has 0 aromatic heterocycles. The molecule has 13 N–H and O–H groups in total. The van der Waals surface area contributed by atoms with Crippen LogP contribution in [0.5, 0.6) is 0 Å². The van der Waals surface area contributed by atoms with Crippen molar-refractivity contribution in [2.45, 2.75) is 162 Å². The van der Waals surface area contributed by atoms with Crippen LogP contribution < -0.4 is 48.7 Å². The molecule has 1 aliphatic heterocycles. The molecule has 1 saturated heterocycles. The van der Waals surface area contributed by atoms with E-state index in [4.69, 9.17) is 11.5 Å². The van der Waals surface area contributed by atoms with Crippen LogP contribution in [0, 0.1) is 23.7 Å². The Morgan fingerprint density at radius 1 is 0.698 bits per heavy atom. The van der Waals surface area contributed by atoms with Crippen LogP contribution in [0.25, 0.3) is 0 Å². The number of unbranched alkanes of at least 4 members (excludes halogenated alkanes) is 1. The molecule has 1 aliphatic rings. The monoisotopic (exact) mass is 897 g/mol. The lowest BCUT2D eigenvalue weighted by atomic mass is 9.95. The molecular formula is C42H76N10O11. The summed E-state index contributed by atoms with van der Waals surface area (Å²) in [6, 6.07) is -8.95. The molecule has 1 rings (SSSR count). The first-order chi connectivity index (χ1) is 29.5. The Kier molecular flexibility index (Phi) is 25.0. The number of hydrogen-bond donors (Lipinski definition) is 11. The van der Waals surface area contributed by atoms with E-state index in [-0.39, 0.29) is 49.5 Å². The highest BCUT2D eigenvalue weighted by atomic mass is 16.4. The molecule has 0 aromatic rings. The third-order valence-electron chi connectivity index (χ3n) is 11.3. The third kappa shape index (κ3) is 18.4. The van der Waals surface area contributed by atoms with Gasteiger partial charge < -0.3 is 63.8 Å². The molecule has 0 saturated carbocycles. The third-order valence-corrected chi connectivity index (χ3v) is 11.3. The zero-order valence-electron chi connectivity index (χ0n) is 38.6. The van der Waals surface area contributed by atoms with Crippen molar-refractivity contribution in [3.8, 4) is 0 Å². The summed E-state index contributed by atoms with van der Waals surface area (Å²) >= 11 is 0. The smallest absolute Gasteiger partial charge is 0.326 e. The number of carbonyl (C=O) groups excluding carboxylic acids is 8. The number of carbonyl (C=O) groups is 9. The van der Waals surface area contributed by atoms with Crippen molar-refractivity contribution in [1.29, 1.82) is 0 Å². The minimum atomic E-state index is -1.48. The van der Waals surface area contributed by atoms with Gasteiger partial charge in [-0.2, -0.15) is 0 Å². The molecule has 0 bridgehead atoms. The number of nitrogens with two attached hydrogens (primary N) is 2. The van der Waals surface area contributed by atoms with Crippen molar-refractivity contribution in [1.82, 2.24) is 42.1 Å². The van der Waals surface area contributed by atoms with E-state index in [0.29, 0.717) is 38.6 Å². The van der Waals surface area contributed by atoms with Gasteiger partial charge in [-0.25, -0.2) is 4.79 Å². The number of rotatable bonds is 28. The lowest BCUT2D eigenvalue weighted by Crippen LogP contribution is -2.59. The van der Waals surface area contributed by atoms with Gasteiger partial charge >= 0.3 is 5.97 Å². The molecule has 1 fully saturated rings. The second kappa shape index (κ2) is 28.0. The number of carboxylic acid groups (broad SMARTS) is 1. The maximum absolute atomic E-state index is 14.0. The second-order valence-electron chi connectivity index (χ2n) is 17.3. The highest BCUT2D eigenvalue weighted by Gasteiger charge is 2.39. The molecule has 10 atom stereocenters. The Morgan fingerprint density at radius 2 is 1.29 bits per heavy atom. The molecule has 0 aromatic carbocycles. The van der Waals surface area contributed by atoms with Gasteiger partial charge in [-0.15, -0.1) is 0 Å². The van der Waals surface area contributed by atoms with Crippen molar-refractivity contribution in [3.63, 3.8) is 0 Å². The zero-order chi connectivity index (χ0) is 48.1. The Balaban J connectivity index is 3.04. The van der Waals surface area contributed by atoms with Crippen molar-refractivity contribution in [2.24, 2.45) is 35.1 Å². The summed E-state index contributed by atoms with van der Waals surface area (Å²) in [5, 5.41) is 37.5. The lowest BCUT2D eigenvalue weighted by Gasteiger charge is -2.30. The summed E-state index contributed by atoms with van der Waals surface area (Å²) < 4.78 is 0. The second-order valence-corrected chi connectivity index (χ2v) is 17.3. The van der Waals surface area contributed by atoms with Crippen LogP contribution in [0.4, 0.5) is 0 Å². The van der Waals surface area contributed by atoms with Gasteiger partial charge in [0.05, 0.1) is 19.2 Å². The molecule has 63 heavy (non-hydrogen) atoms. The van der Waals surface area contributed by atoms with E-state index < -0.39 is 115 Å². The number of carboxylic acids is 1. The van der Waals surface area contributed by atoms with Crippen molar-refractivity contribution < 1.29 is 53.4 Å². The molecule has 1 heterocycles. The Hall–Kier alpha value is -4.89. The van der Waals surface area contributed by atoms with Crippen LogP contribution >= 0.6 is 0 Å². The Morgan fingerprint density at radius 3 is 1.83 bits per heavy atom.